The molecular formula is C16H24N4OS. The Morgan fingerprint density at radius 2 is 2.45 bits per heavy atom. The summed E-state index contributed by atoms with van der Waals surface area (Å²) in [5.41, 5.74) is 1.22. The Kier molecular flexibility index (Phi) is 5.25. The van der Waals surface area contributed by atoms with Gasteiger partial charge < -0.3 is 10.1 Å². The Hall–Kier alpha value is -1.21. The molecule has 2 aromatic heterocycles. The molecule has 5 nitrogen and oxygen atoms in total. The first-order chi connectivity index (χ1) is 10.7. The molecule has 2 atom stereocenters. The maximum absolute atomic E-state index is 5.68. The average molecular weight is 320 g/mol. The van der Waals surface area contributed by atoms with Crippen LogP contribution in [0, 0.1) is 0 Å². The van der Waals surface area contributed by atoms with Gasteiger partial charge in [-0.3, -0.25) is 9.58 Å². The minimum Gasteiger partial charge on any atom is -0.376 e. The van der Waals surface area contributed by atoms with E-state index in [9.17, 15) is 0 Å². The van der Waals surface area contributed by atoms with E-state index in [2.05, 4.69) is 45.9 Å². The lowest BCUT2D eigenvalue weighted by Gasteiger charge is -2.37. The summed E-state index contributed by atoms with van der Waals surface area (Å²) in [6, 6.07) is 4.79. The first-order valence-corrected chi connectivity index (χ1v) is 8.67. The number of nitrogens with one attached hydrogen (secondary N) is 1. The molecule has 2 aromatic rings. The van der Waals surface area contributed by atoms with Crippen LogP contribution >= 0.6 is 11.3 Å². The van der Waals surface area contributed by atoms with Gasteiger partial charge in [0.15, 0.2) is 0 Å². The molecule has 120 valence electrons. The smallest absolute Gasteiger partial charge is 0.0674 e. The van der Waals surface area contributed by atoms with Crippen LogP contribution in [-0.2, 0) is 18.3 Å². The number of aromatic nitrogens is 2. The van der Waals surface area contributed by atoms with E-state index in [0.29, 0.717) is 12.1 Å². The third kappa shape index (κ3) is 3.95. The predicted molar refractivity (Wildman–Crippen MR) is 89.0 cm³/mol. The van der Waals surface area contributed by atoms with E-state index in [1.165, 1.54) is 10.4 Å². The summed E-state index contributed by atoms with van der Waals surface area (Å²) < 4.78 is 7.53. The maximum Gasteiger partial charge on any atom is 0.0674 e. The molecule has 1 saturated heterocycles. The molecule has 1 fully saturated rings. The molecule has 1 N–H and O–H groups in total. The number of aryl methyl sites for hydroxylation is 1. The molecule has 1 aliphatic heterocycles. The van der Waals surface area contributed by atoms with Crippen molar-refractivity contribution < 1.29 is 4.74 Å². The molecule has 1 aliphatic rings. The second kappa shape index (κ2) is 7.37. The van der Waals surface area contributed by atoms with Gasteiger partial charge in [-0.05, 0) is 18.4 Å². The normalized spacial score (nSPS) is 21.1. The van der Waals surface area contributed by atoms with Crippen molar-refractivity contribution in [3.05, 3.63) is 40.3 Å². The third-order valence-corrected chi connectivity index (χ3v) is 4.98. The van der Waals surface area contributed by atoms with Gasteiger partial charge in [-0.2, -0.15) is 5.10 Å². The van der Waals surface area contributed by atoms with Crippen LogP contribution in [0.15, 0.2) is 29.9 Å². The Bertz CT molecular complexity index is 568. The summed E-state index contributed by atoms with van der Waals surface area (Å²) in [5, 5.41) is 9.96. The zero-order valence-corrected chi connectivity index (χ0v) is 14.1. The van der Waals surface area contributed by atoms with Gasteiger partial charge in [-0.1, -0.05) is 6.07 Å². The maximum atomic E-state index is 5.68. The lowest BCUT2D eigenvalue weighted by atomic mass is 10.1. The summed E-state index contributed by atoms with van der Waals surface area (Å²) >= 11 is 1.84. The lowest BCUT2D eigenvalue weighted by molar-refractivity contribution is -0.0339. The zero-order valence-electron chi connectivity index (χ0n) is 13.2. The summed E-state index contributed by atoms with van der Waals surface area (Å²) in [4.78, 5) is 3.96. The summed E-state index contributed by atoms with van der Waals surface area (Å²) in [5.74, 6) is 0. The monoisotopic (exact) mass is 320 g/mol. The van der Waals surface area contributed by atoms with Crippen LogP contribution in [0.25, 0.3) is 0 Å². The van der Waals surface area contributed by atoms with E-state index in [-0.39, 0.29) is 0 Å². The van der Waals surface area contributed by atoms with E-state index in [4.69, 9.17) is 4.74 Å². The van der Waals surface area contributed by atoms with E-state index in [0.717, 1.165) is 32.8 Å². The summed E-state index contributed by atoms with van der Waals surface area (Å²) in [7, 11) is 1.95. The molecule has 0 bridgehead atoms. The number of nitrogens with zero attached hydrogens (tertiary/aromatic N) is 3. The standard InChI is InChI=1S/C16H24N4OS/c1-13-11-20(5-6-21-13)15(16-4-3-7-22-16)10-17-8-14-9-18-19(2)12-14/h3-4,7,9,12-13,15,17H,5-6,8,10-11H2,1-2H3/t13-,15+/m1/s1. The van der Waals surface area contributed by atoms with Crippen molar-refractivity contribution in [3.63, 3.8) is 0 Å². The number of ether oxygens (including phenoxy) is 1. The summed E-state index contributed by atoms with van der Waals surface area (Å²) in [6.07, 6.45) is 4.29. The third-order valence-electron chi connectivity index (χ3n) is 4.01. The fourth-order valence-corrected chi connectivity index (χ4v) is 3.80. The van der Waals surface area contributed by atoms with Crippen molar-refractivity contribution in [2.45, 2.75) is 25.6 Å². The number of morpholine rings is 1. The molecule has 3 rings (SSSR count). The Labute approximate surface area is 135 Å². The minimum absolute atomic E-state index is 0.314. The van der Waals surface area contributed by atoms with Gasteiger partial charge in [-0.15, -0.1) is 11.3 Å². The van der Waals surface area contributed by atoms with E-state index >= 15 is 0 Å². The van der Waals surface area contributed by atoms with E-state index in [1.807, 2.05) is 29.3 Å². The molecule has 0 spiro atoms. The molecule has 0 amide bonds. The van der Waals surface area contributed by atoms with Gasteiger partial charge in [0.1, 0.15) is 0 Å². The highest BCUT2D eigenvalue weighted by atomic mass is 32.1. The quantitative estimate of drug-likeness (QED) is 0.884. The molecule has 0 unspecified atom stereocenters. The fraction of sp³-hybridized carbons (Fsp3) is 0.562. The second-order valence-corrected chi connectivity index (χ2v) is 6.84. The van der Waals surface area contributed by atoms with Crippen LogP contribution in [0.5, 0.6) is 0 Å². The van der Waals surface area contributed by atoms with Crippen molar-refractivity contribution >= 4 is 11.3 Å². The number of rotatable bonds is 6. The van der Waals surface area contributed by atoms with Crippen molar-refractivity contribution in [1.29, 1.82) is 0 Å². The molecule has 6 heteroatoms. The largest absolute Gasteiger partial charge is 0.376 e. The fourth-order valence-electron chi connectivity index (χ4n) is 2.94. The first-order valence-electron chi connectivity index (χ1n) is 7.79. The highest BCUT2D eigenvalue weighted by molar-refractivity contribution is 7.10. The minimum atomic E-state index is 0.314. The Morgan fingerprint density at radius 1 is 1.55 bits per heavy atom. The van der Waals surface area contributed by atoms with Crippen molar-refractivity contribution in [1.82, 2.24) is 20.0 Å². The van der Waals surface area contributed by atoms with Crippen LogP contribution in [-0.4, -0.2) is 47.0 Å². The average Bonchev–Trinajstić information content (AvgIpc) is 3.15. The molecule has 0 aromatic carbocycles. The topological polar surface area (TPSA) is 42.3 Å². The predicted octanol–water partition coefficient (Wildman–Crippen LogP) is 2.03. The number of hydrogen-bond acceptors (Lipinski definition) is 5. The van der Waals surface area contributed by atoms with Gasteiger partial charge >= 0.3 is 0 Å². The number of hydrogen-bond donors (Lipinski definition) is 1. The van der Waals surface area contributed by atoms with Gasteiger partial charge in [0.25, 0.3) is 0 Å². The molecule has 22 heavy (non-hydrogen) atoms. The van der Waals surface area contributed by atoms with E-state index < -0.39 is 0 Å². The molecule has 3 heterocycles. The van der Waals surface area contributed by atoms with Crippen LogP contribution < -0.4 is 5.32 Å². The molecular weight excluding hydrogens is 296 g/mol. The van der Waals surface area contributed by atoms with Gasteiger partial charge in [0, 0.05) is 49.9 Å². The van der Waals surface area contributed by atoms with Crippen LogP contribution in [0.3, 0.4) is 0 Å². The van der Waals surface area contributed by atoms with Gasteiger partial charge in [0.05, 0.1) is 24.9 Å². The van der Waals surface area contributed by atoms with Gasteiger partial charge in [-0.25, -0.2) is 0 Å². The SMILES string of the molecule is C[C@@H]1CN([C@@H](CNCc2cnn(C)c2)c2cccs2)CCO1. The van der Waals surface area contributed by atoms with Crippen molar-refractivity contribution in [3.8, 4) is 0 Å². The van der Waals surface area contributed by atoms with Gasteiger partial charge in [0.2, 0.25) is 0 Å². The van der Waals surface area contributed by atoms with Crippen LogP contribution in [0.1, 0.15) is 23.4 Å². The highest BCUT2D eigenvalue weighted by Crippen LogP contribution is 2.26. The zero-order chi connectivity index (χ0) is 15.4. The van der Waals surface area contributed by atoms with Crippen molar-refractivity contribution in [2.75, 3.05) is 26.2 Å². The van der Waals surface area contributed by atoms with E-state index in [1.54, 1.807) is 0 Å². The molecule has 0 aliphatic carbocycles. The second-order valence-electron chi connectivity index (χ2n) is 5.86. The highest BCUT2D eigenvalue weighted by Gasteiger charge is 2.25. The summed E-state index contributed by atoms with van der Waals surface area (Å²) in [6.45, 7) is 6.78. The molecule has 0 saturated carbocycles. The Morgan fingerprint density at radius 3 is 3.14 bits per heavy atom. The Balaban J connectivity index is 1.61. The number of thiophene rings is 1. The van der Waals surface area contributed by atoms with Crippen molar-refractivity contribution in [2.24, 2.45) is 7.05 Å². The van der Waals surface area contributed by atoms with Crippen LogP contribution in [0.4, 0.5) is 0 Å². The van der Waals surface area contributed by atoms with Crippen LogP contribution in [0.2, 0.25) is 0 Å². The molecule has 0 radical (unpaired) electrons. The first kappa shape index (κ1) is 15.7. The lowest BCUT2D eigenvalue weighted by Crippen LogP contribution is -2.45.